The van der Waals surface area contributed by atoms with Gasteiger partial charge in [-0.1, -0.05) is 6.07 Å². The summed E-state index contributed by atoms with van der Waals surface area (Å²) in [6, 6.07) is 10.5. The second kappa shape index (κ2) is 5.91. The van der Waals surface area contributed by atoms with Crippen molar-refractivity contribution in [3.8, 4) is 5.75 Å². The molecule has 2 aromatic rings. The molecule has 21 heavy (non-hydrogen) atoms. The molecule has 2 rings (SSSR count). The summed E-state index contributed by atoms with van der Waals surface area (Å²) in [6.07, 6.45) is 0. The van der Waals surface area contributed by atoms with Crippen LogP contribution in [0.1, 0.15) is 10.4 Å². The topological polar surface area (TPSA) is 107 Å². The second-order valence-corrected chi connectivity index (χ2v) is 4.22. The van der Waals surface area contributed by atoms with Crippen molar-refractivity contribution in [3.63, 3.8) is 0 Å². The number of amides is 1. The van der Waals surface area contributed by atoms with Gasteiger partial charge in [0.15, 0.2) is 0 Å². The van der Waals surface area contributed by atoms with E-state index >= 15 is 0 Å². The number of benzene rings is 2. The van der Waals surface area contributed by atoms with Gasteiger partial charge in [0.1, 0.15) is 11.4 Å². The molecule has 0 aliphatic heterocycles. The number of nitrogens with two attached hydrogens (primary N) is 1. The molecule has 0 radical (unpaired) electrons. The fraction of sp³-hybridized carbons (Fsp3) is 0.0714. The van der Waals surface area contributed by atoms with Crippen molar-refractivity contribution in [2.75, 3.05) is 18.2 Å². The van der Waals surface area contributed by atoms with Crippen LogP contribution in [0.15, 0.2) is 42.5 Å². The first-order valence-electron chi connectivity index (χ1n) is 6.00. The van der Waals surface area contributed by atoms with Crippen LogP contribution in [0.3, 0.4) is 0 Å². The van der Waals surface area contributed by atoms with Crippen LogP contribution in [-0.4, -0.2) is 17.9 Å². The third-order valence-electron chi connectivity index (χ3n) is 2.80. The summed E-state index contributed by atoms with van der Waals surface area (Å²) in [4.78, 5) is 22.5. The highest BCUT2D eigenvalue weighted by atomic mass is 16.6. The monoisotopic (exact) mass is 287 g/mol. The number of methoxy groups -OCH3 is 1. The highest BCUT2D eigenvalue weighted by Gasteiger charge is 2.17. The molecule has 108 valence electrons. The van der Waals surface area contributed by atoms with Crippen molar-refractivity contribution in [2.24, 2.45) is 0 Å². The van der Waals surface area contributed by atoms with Gasteiger partial charge in [0.05, 0.1) is 18.1 Å². The molecule has 7 nitrogen and oxygen atoms in total. The summed E-state index contributed by atoms with van der Waals surface area (Å²) in [5.74, 6) is -0.140. The van der Waals surface area contributed by atoms with Crippen LogP contribution in [0.2, 0.25) is 0 Å². The van der Waals surface area contributed by atoms with E-state index in [9.17, 15) is 14.9 Å². The number of ether oxygens (including phenoxy) is 1. The van der Waals surface area contributed by atoms with E-state index in [2.05, 4.69) is 5.32 Å². The Morgan fingerprint density at radius 1 is 1.29 bits per heavy atom. The van der Waals surface area contributed by atoms with E-state index in [1.165, 1.54) is 31.4 Å². The summed E-state index contributed by atoms with van der Waals surface area (Å²) >= 11 is 0. The maximum absolute atomic E-state index is 12.1. The molecule has 2 aromatic carbocycles. The molecule has 0 bridgehead atoms. The molecule has 3 N–H and O–H groups in total. The van der Waals surface area contributed by atoms with Crippen molar-refractivity contribution < 1.29 is 14.5 Å². The lowest BCUT2D eigenvalue weighted by Crippen LogP contribution is -2.13. The number of carbonyl (C=O) groups is 1. The Kier molecular flexibility index (Phi) is 4.03. The lowest BCUT2D eigenvalue weighted by atomic mass is 10.2. The van der Waals surface area contributed by atoms with Crippen LogP contribution >= 0.6 is 0 Å². The molecule has 0 atom stereocenters. The summed E-state index contributed by atoms with van der Waals surface area (Å²) in [5, 5.41) is 13.5. The summed E-state index contributed by atoms with van der Waals surface area (Å²) in [6.45, 7) is 0. The number of hydrogen-bond donors (Lipinski definition) is 2. The quantitative estimate of drug-likeness (QED) is 0.510. The van der Waals surface area contributed by atoms with Gasteiger partial charge in [-0.25, -0.2) is 0 Å². The van der Waals surface area contributed by atoms with E-state index < -0.39 is 10.8 Å². The van der Waals surface area contributed by atoms with E-state index in [4.69, 9.17) is 10.5 Å². The number of hydrogen-bond acceptors (Lipinski definition) is 5. The van der Waals surface area contributed by atoms with Crippen LogP contribution in [0.4, 0.5) is 17.1 Å². The van der Waals surface area contributed by atoms with Gasteiger partial charge in [-0.3, -0.25) is 14.9 Å². The summed E-state index contributed by atoms with van der Waals surface area (Å²) in [5.41, 5.74) is 6.20. The predicted octanol–water partition coefficient (Wildman–Crippen LogP) is 2.44. The zero-order chi connectivity index (χ0) is 15.4. The van der Waals surface area contributed by atoms with Gasteiger partial charge in [0.25, 0.3) is 11.6 Å². The Labute approximate surface area is 120 Å². The summed E-state index contributed by atoms with van der Waals surface area (Å²) < 4.78 is 4.93. The molecule has 0 aromatic heterocycles. The van der Waals surface area contributed by atoms with Gasteiger partial charge < -0.3 is 15.8 Å². The Morgan fingerprint density at radius 3 is 2.67 bits per heavy atom. The van der Waals surface area contributed by atoms with Crippen molar-refractivity contribution in [1.82, 2.24) is 0 Å². The number of nitrogens with zero attached hydrogens (tertiary/aromatic N) is 1. The van der Waals surface area contributed by atoms with Crippen molar-refractivity contribution >= 4 is 23.0 Å². The zero-order valence-corrected chi connectivity index (χ0v) is 11.2. The van der Waals surface area contributed by atoms with Crippen molar-refractivity contribution in [3.05, 3.63) is 58.1 Å². The standard InChI is InChI=1S/C14H13N3O4/c1-21-11-5-6-12(13(8-11)17(19)20)16-14(18)9-3-2-4-10(15)7-9/h2-8H,15H2,1H3,(H,16,18). The van der Waals surface area contributed by atoms with Gasteiger partial charge in [-0.05, 0) is 30.3 Å². The molecule has 0 aliphatic carbocycles. The molecule has 0 spiro atoms. The number of nitrogens with one attached hydrogen (secondary N) is 1. The average molecular weight is 287 g/mol. The Balaban J connectivity index is 2.31. The van der Waals surface area contributed by atoms with Crippen molar-refractivity contribution in [1.29, 1.82) is 0 Å². The van der Waals surface area contributed by atoms with E-state index in [0.29, 0.717) is 17.0 Å². The molecule has 1 amide bonds. The van der Waals surface area contributed by atoms with Crippen LogP contribution in [0, 0.1) is 10.1 Å². The second-order valence-electron chi connectivity index (χ2n) is 4.22. The maximum atomic E-state index is 12.1. The molecule has 0 saturated heterocycles. The zero-order valence-electron chi connectivity index (χ0n) is 11.2. The first-order valence-corrected chi connectivity index (χ1v) is 6.00. The minimum Gasteiger partial charge on any atom is -0.496 e. The van der Waals surface area contributed by atoms with E-state index in [1.54, 1.807) is 18.2 Å². The highest BCUT2D eigenvalue weighted by molar-refractivity contribution is 6.05. The average Bonchev–Trinajstić information content (AvgIpc) is 2.47. The minimum absolute atomic E-state index is 0.0909. The third-order valence-corrected chi connectivity index (χ3v) is 2.80. The molecule has 7 heteroatoms. The fourth-order valence-electron chi connectivity index (χ4n) is 1.77. The smallest absolute Gasteiger partial charge is 0.296 e. The third kappa shape index (κ3) is 3.27. The first-order chi connectivity index (χ1) is 10.0. The fourth-order valence-corrected chi connectivity index (χ4v) is 1.77. The van der Waals surface area contributed by atoms with Gasteiger partial charge in [-0.15, -0.1) is 0 Å². The molecular weight excluding hydrogens is 274 g/mol. The maximum Gasteiger partial charge on any atom is 0.296 e. The van der Waals surface area contributed by atoms with E-state index in [-0.39, 0.29) is 11.4 Å². The highest BCUT2D eigenvalue weighted by Crippen LogP contribution is 2.29. The minimum atomic E-state index is -0.586. The van der Waals surface area contributed by atoms with Gasteiger partial charge in [0.2, 0.25) is 0 Å². The predicted molar refractivity (Wildman–Crippen MR) is 78.5 cm³/mol. The van der Waals surface area contributed by atoms with Gasteiger partial charge in [-0.2, -0.15) is 0 Å². The van der Waals surface area contributed by atoms with E-state index in [1.807, 2.05) is 0 Å². The number of nitrogen functional groups attached to an aromatic ring is 1. The largest absolute Gasteiger partial charge is 0.496 e. The Morgan fingerprint density at radius 2 is 2.05 bits per heavy atom. The SMILES string of the molecule is COc1ccc(NC(=O)c2cccc(N)c2)c([N+](=O)[O-])c1. The number of rotatable bonds is 4. The molecule has 0 aliphatic rings. The number of nitro groups is 1. The van der Waals surface area contributed by atoms with Crippen LogP contribution < -0.4 is 15.8 Å². The molecule has 0 heterocycles. The Bertz CT molecular complexity index is 700. The number of anilines is 2. The van der Waals surface area contributed by atoms with Gasteiger partial charge >= 0.3 is 0 Å². The molecule has 0 fully saturated rings. The number of nitro benzene ring substituents is 1. The summed E-state index contributed by atoms with van der Waals surface area (Å²) in [7, 11) is 1.41. The van der Waals surface area contributed by atoms with Crippen LogP contribution in [0.5, 0.6) is 5.75 Å². The van der Waals surface area contributed by atoms with Crippen molar-refractivity contribution in [2.45, 2.75) is 0 Å². The molecule has 0 saturated carbocycles. The van der Waals surface area contributed by atoms with Crippen LogP contribution in [-0.2, 0) is 0 Å². The molecular formula is C14H13N3O4. The van der Waals surface area contributed by atoms with Gasteiger partial charge in [0, 0.05) is 11.3 Å². The Hall–Kier alpha value is -3.09. The van der Waals surface area contributed by atoms with Crippen LogP contribution in [0.25, 0.3) is 0 Å². The first kappa shape index (κ1) is 14.3. The number of carbonyl (C=O) groups excluding carboxylic acids is 1. The lowest BCUT2D eigenvalue weighted by molar-refractivity contribution is -0.384. The lowest BCUT2D eigenvalue weighted by Gasteiger charge is -2.08. The van der Waals surface area contributed by atoms with E-state index in [0.717, 1.165) is 0 Å². The normalized spacial score (nSPS) is 9.95. The molecule has 0 unspecified atom stereocenters.